The van der Waals surface area contributed by atoms with Gasteiger partial charge in [0.1, 0.15) is 5.82 Å². The number of allylic oxidation sites excluding steroid dienone is 1. The predicted molar refractivity (Wildman–Crippen MR) is 71.8 cm³/mol. The van der Waals surface area contributed by atoms with Crippen LogP contribution in [-0.2, 0) is 0 Å². The average Bonchev–Trinajstić information content (AvgIpc) is 2.41. The highest BCUT2D eigenvalue weighted by molar-refractivity contribution is 6.04. The van der Waals surface area contributed by atoms with Crippen molar-refractivity contribution >= 4 is 5.78 Å². The first kappa shape index (κ1) is 14.6. The van der Waals surface area contributed by atoms with Gasteiger partial charge in [-0.2, -0.15) is 0 Å². The van der Waals surface area contributed by atoms with Crippen LogP contribution in [0.3, 0.4) is 0 Å². The zero-order valence-corrected chi connectivity index (χ0v) is 11.3. The highest BCUT2D eigenvalue weighted by Gasteiger charge is 2.17. The van der Waals surface area contributed by atoms with E-state index >= 15 is 0 Å². The molecule has 0 fully saturated rings. The maximum absolute atomic E-state index is 12.8. The Morgan fingerprint density at radius 1 is 1.11 bits per heavy atom. The Morgan fingerprint density at radius 3 is 2.06 bits per heavy atom. The quantitative estimate of drug-likeness (QED) is 0.429. The number of carbonyl (C=O) groups is 1. The molecule has 1 rings (SSSR count). The van der Waals surface area contributed by atoms with Crippen LogP contribution in [0.25, 0.3) is 0 Å². The lowest BCUT2D eigenvalue weighted by Gasteiger charge is -2.31. The van der Waals surface area contributed by atoms with E-state index in [1.54, 1.807) is 6.08 Å². The van der Waals surface area contributed by atoms with Crippen molar-refractivity contribution in [2.45, 2.75) is 20.8 Å². The number of ketones is 1. The molecule has 0 bridgehead atoms. The Balaban J connectivity index is 2.83. The lowest BCUT2D eigenvalue weighted by atomic mass is 10.1. The SMILES string of the molecule is CC[N+](/C=C/C(=O)c1ccc(F)cc1)(CC)CC. The van der Waals surface area contributed by atoms with Crippen LogP contribution in [0.1, 0.15) is 31.1 Å². The first-order valence-electron chi connectivity index (χ1n) is 6.41. The van der Waals surface area contributed by atoms with E-state index in [0.29, 0.717) is 5.56 Å². The largest absolute Gasteiger partial charge is 0.298 e. The van der Waals surface area contributed by atoms with Crippen molar-refractivity contribution in [3.8, 4) is 0 Å². The summed E-state index contributed by atoms with van der Waals surface area (Å²) in [6.45, 7) is 9.21. The van der Waals surface area contributed by atoms with Gasteiger partial charge in [0.2, 0.25) is 0 Å². The van der Waals surface area contributed by atoms with Gasteiger partial charge in [0.05, 0.1) is 25.8 Å². The number of hydrogen-bond acceptors (Lipinski definition) is 1. The fourth-order valence-corrected chi connectivity index (χ4v) is 1.92. The fourth-order valence-electron chi connectivity index (χ4n) is 1.92. The predicted octanol–water partition coefficient (Wildman–Crippen LogP) is 3.40. The molecule has 0 aliphatic carbocycles. The summed E-state index contributed by atoms with van der Waals surface area (Å²) in [5.74, 6) is -0.399. The van der Waals surface area contributed by atoms with E-state index < -0.39 is 0 Å². The number of rotatable bonds is 6. The molecule has 0 aromatic heterocycles. The summed E-state index contributed by atoms with van der Waals surface area (Å²) >= 11 is 0. The standard InChI is InChI=1S/C15H21FNO/c1-4-17(5-2,6-3)12-11-15(18)13-7-9-14(16)10-8-13/h7-12H,4-6H2,1-3H3/q+1/b12-11+. The lowest BCUT2D eigenvalue weighted by molar-refractivity contribution is -0.874. The minimum Gasteiger partial charge on any atom is -0.298 e. The van der Waals surface area contributed by atoms with Crippen molar-refractivity contribution in [1.82, 2.24) is 0 Å². The Morgan fingerprint density at radius 2 is 1.61 bits per heavy atom. The second kappa shape index (κ2) is 6.45. The molecule has 1 aromatic carbocycles. The van der Waals surface area contributed by atoms with E-state index in [1.807, 2.05) is 6.20 Å². The summed E-state index contributed by atoms with van der Waals surface area (Å²) in [4.78, 5) is 11.9. The molecule has 98 valence electrons. The smallest absolute Gasteiger partial charge is 0.191 e. The second-order valence-corrected chi connectivity index (χ2v) is 4.35. The van der Waals surface area contributed by atoms with E-state index in [2.05, 4.69) is 20.8 Å². The van der Waals surface area contributed by atoms with Gasteiger partial charge in [-0.15, -0.1) is 0 Å². The first-order chi connectivity index (χ1) is 8.56. The van der Waals surface area contributed by atoms with E-state index in [4.69, 9.17) is 0 Å². The van der Waals surface area contributed by atoms with Crippen LogP contribution < -0.4 is 0 Å². The summed E-state index contributed by atoms with van der Waals surface area (Å²) in [6.07, 6.45) is 3.55. The van der Waals surface area contributed by atoms with Crippen LogP contribution in [0.15, 0.2) is 36.5 Å². The minimum atomic E-state index is -0.323. The van der Waals surface area contributed by atoms with Gasteiger partial charge in [0, 0.05) is 11.6 Å². The first-order valence-corrected chi connectivity index (χ1v) is 6.41. The number of carbonyl (C=O) groups excluding carboxylic acids is 1. The zero-order chi connectivity index (χ0) is 13.6. The number of halogens is 1. The van der Waals surface area contributed by atoms with Crippen LogP contribution in [0.4, 0.5) is 4.39 Å². The Bertz CT molecular complexity index is 410. The van der Waals surface area contributed by atoms with Crippen LogP contribution in [0.2, 0.25) is 0 Å². The monoisotopic (exact) mass is 250 g/mol. The molecule has 0 radical (unpaired) electrons. The van der Waals surface area contributed by atoms with Gasteiger partial charge in [-0.05, 0) is 45.0 Å². The third-order valence-electron chi connectivity index (χ3n) is 3.56. The van der Waals surface area contributed by atoms with E-state index in [1.165, 1.54) is 24.3 Å². The van der Waals surface area contributed by atoms with Gasteiger partial charge in [-0.3, -0.25) is 9.28 Å². The van der Waals surface area contributed by atoms with E-state index in [9.17, 15) is 9.18 Å². The van der Waals surface area contributed by atoms with Crippen LogP contribution >= 0.6 is 0 Å². The third-order valence-corrected chi connectivity index (χ3v) is 3.56. The molecule has 0 atom stereocenters. The molecule has 0 aliphatic heterocycles. The van der Waals surface area contributed by atoms with Gasteiger partial charge < -0.3 is 0 Å². The Labute approximate surface area is 108 Å². The third kappa shape index (κ3) is 3.50. The molecule has 3 heteroatoms. The van der Waals surface area contributed by atoms with Crippen LogP contribution in [0, 0.1) is 5.82 Å². The molecule has 0 saturated heterocycles. The fraction of sp³-hybridized carbons (Fsp3) is 0.400. The zero-order valence-electron chi connectivity index (χ0n) is 11.3. The molecular formula is C15H21FNO+. The number of hydrogen-bond donors (Lipinski definition) is 0. The Kier molecular flexibility index (Phi) is 5.23. The summed E-state index contributed by atoms with van der Waals surface area (Å²) in [6, 6.07) is 5.65. The average molecular weight is 250 g/mol. The van der Waals surface area contributed by atoms with Crippen molar-refractivity contribution in [2.24, 2.45) is 0 Å². The van der Waals surface area contributed by atoms with Gasteiger partial charge in [-0.25, -0.2) is 4.39 Å². The molecule has 0 unspecified atom stereocenters. The summed E-state index contributed by atoms with van der Waals surface area (Å²) in [7, 11) is 0. The normalized spacial score (nSPS) is 12.0. The van der Waals surface area contributed by atoms with Gasteiger partial charge in [0.15, 0.2) is 5.78 Å². The van der Waals surface area contributed by atoms with Crippen LogP contribution in [-0.4, -0.2) is 29.9 Å². The van der Waals surface area contributed by atoms with Crippen molar-refractivity contribution < 1.29 is 13.7 Å². The molecule has 0 aliphatic rings. The van der Waals surface area contributed by atoms with Crippen LogP contribution in [0.5, 0.6) is 0 Å². The van der Waals surface area contributed by atoms with Crippen molar-refractivity contribution in [3.63, 3.8) is 0 Å². The van der Waals surface area contributed by atoms with Gasteiger partial charge in [-0.1, -0.05) is 0 Å². The molecule has 18 heavy (non-hydrogen) atoms. The highest BCUT2D eigenvalue weighted by atomic mass is 19.1. The van der Waals surface area contributed by atoms with Crippen molar-refractivity contribution in [3.05, 3.63) is 47.9 Å². The van der Waals surface area contributed by atoms with Crippen molar-refractivity contribution in [1.29, 1.82) is 0 Å². The van der Waals surface area contributed by atoms with Gasteiger partial charge >= 0.3 is 0 Å². The summed E-state index contributed by atoms with van der Waals surface area (Å²) < 4.78 is 13.5. The maximum Gasteiger partial charge on any atom is 0.191 e. The Hall–Kier alpha value is -1.48. The van der Waals surface area contributed by atoms with E-state index in [-0.39, 0.29) is 11.6 Å². The minimum absolute atomic E-state index is 0.0761. The van der Waals surface area contributed by atoms with Crippen molar-refractivity contribution in [2.75, 3.05) is 19.6 Å². The lowest BCUT2D eigenvalue weighted by Crippen LogP contribution is -2.42. The number of nitrogens with zero attached hydrogens (tertiary/aromatic N) is 1. The van der Waals surface area contributed by atoms with Gasteiger partial charge in [0.25, 0.3) is 0 Å². The second-order valence-electron chi connectivity index (χ2n) is 4.35. The topological polar surface area (TPSA) is 17.1 Å². The summed E-state index contributed by atoms with van der Waals surface area (Å²) in [5, 5.41) is 0. The molecule has 2 nitrogen and oxygen atoms in total. The highest BCUT2D eigenvalue weighted by Crippen LogP contribution is 2.09. The molecule has 0 amide bonds. The number of quaternary nitrogens is 1. The maximum atomic E-state index is 12.8. The molecule has 1 aromatic rings. The van der Waals surface area contributed by atoms with E-state index in [0.717, 1.165) is 24.1 Å². The molecule has 0 spiro atoms. The summed E-state index contributed by atoms with van der Waals surface area (Å²) in [5.41, 5.74) is 0.522. The number of benzene rings is 1. The molecular weight excluding hydrogens is 229 g/mol. The molecule has 0 heterocycles. The molecule has 0 saturated carbocycles. The molecule has 0 N–H and O–H groups in total.